The quantitative estimate of drug-likeness (QED) is 0.162. The van der Waals surface area contributed by atoms with E-state index >= 15 is 0 Å². The molecule has 0 unspecified atom stereocenters. The maximum Gasteiger partial charge on any atom is 2.00 e. The van der Waals surface area contributed by atoms with Gasteiger partial charge in [-0.15, -0.1) is 35.7 Å². The van der Waals surface area contributed by atoms with Crippen molar-refractivity contribution in [1.29, 1.82) is 0 Å². The first-order valence-electron chi connectivity index (χ1n) is 16.7. The van der Waals surface area contributed by atoms with E-state index in [0.717, 1.165) is 49.9 Å². The summed E-state index contributed by atoms with van der Waals surface area (Å²) in [5.41, 5.74) is 9.67. The standard InChI is InChI=1S/C44H29N5O.Pt/c1-28-10-7-16-37-38-17-8-11-29(2)44(38)47(43(28)37)31-22-23-45-42(25-31)48-40-19-6-4-15-35(40)36-21-20-34(26-41(36)48)50-33-14-9-13-32(24-33)49-39-18-5-3-12-30(39)27-46-49;/h3-23,25,27H,1-2H3;/q-2;+2. The minimum Gasteiger partial charge on any atom is -0.509 e. The van der Waals surface area contributed by atoms with Crippen LogP contribution < -0.4 is 4.74 Å². The molecule has 10 aromatic rings. The Morgan fingerprint density at radius 2 is 1.27 bits per heavy atom. The summed E-state index contributed by atoms with van der Waals surface area (Å²) in [6.45, 7) is 4.37. The van der Waals surface area contributed by atoms with E-state index in [2.05, 4.69) is 131 Å². The molecule has 0 amide bonds. The van der Waals surface area contributed by atoms with Gasteiger partial charge in [-0.05, 0) is 54.2 Å². The molecule has 0 bridgehead atoms. The van der Waals surface area contributed by atoms with Crippen LogP contribution in [-0.4, -0.2) is 23.9 Å². The van der Waals surface area contributed by atoms with Gasteiger partial charge in [-0.1, -0.05) is 78.3 Å². The van der Waals surface area contributed by atoms with Crippen LogP contribution in [-0.2, 0) is 21.1 Å². The van der Waals surface area contributed by atoms with Gasteiger partial charge >= 0.3 is 21.1 Å². The zero-order valence-electron chi connectivity index (χ0n) is 27.7. The molecular weight excluding hydrogens is 810 g/mol. The molecule has 10 rings (SSSR count). The third-order valence-corrected chi connectivity index (χ3v) is 9.66. The maximum atomic E-state index is 6.44. The average molecular weight is 839 g/mol. The smallest absolute Gasteiger partial charge is 0.509 e. The monoisotopic (exact) mass is 838 g/mol. The van der Waals surface area contributed by atoms with Gasteiger partial charge in [0.05, 0.1) is 28.4 Å². The van der Waals surface area contributed by atoms with Crippen molar-refractivity contribution in [3.05, 3.63) is 163 Å². The molecule has 0 saturated carbocycles. The molecule has 0 fully saturated rings. The minimum atomic E-state index is 0. The van der Waals surface area contributed by atoms with Crippen molar-refractivity contribution in [3.8, 4) is 28.7 Å². The predicted octanol–water partition coefficient (Wildman–Crippen LogP) is 10.6. The Hall–Kier alpha value is -5.97. The molecule has 0 spiro atoms. The number of fused-ring (bicyclic) bond motifs is 7. The summed E-state index contributed by atoms with van der Waals surface area (Å²) in [4.78, 5) is 4.95. The molecule has 246 valence electrons. The van der Waals surface area contributed by atoms with Gasteiger partial charge in [0.1, 0.15) is 5.82 Å². The van der Waals surface area contributed by atoms with Crippen LogP contribution >= 0.6 is 0 Å². The van der Waals surface area contributed by atoms with Crippen LogP contribution in [0.2, 0.25) is 0 Å². The molecule has 7 heteroatoms. The number of aromatic nitrogens is 5. The number of rotatable bonds is 5. The topological polar surface area (TPSA) is 49.8 Å². The second kappa shape index (κ2) is 12.1. The van der Waals surface area contributed by atoms with Gasteiger partial charge in [0.15, 0.2) is 0 Å². The normalized spacial score (nSPS) is 11.6. The molecule has 51 heavy (non-hydrogen) atoms. The average Bonchev–Trinajstić information content (AvgIpc) is 3.83. The summed E-state index contributed by atoms with van der Waals surface area (Å²) in [5.74, 6) is 1.97. The third-order valence-electron chi connectivity index (χ3n) is 9.66. The van der Waals surface area contributed by atoms with Crippen LogP contribution in [0.25, 0.3) is 71.7 Å². The summed E-state index contributed by atoms with van der Waals surface area (Å²) in [6, 6.07) is 50.9. The van der Waals surface area contributed by atoms with Gasteiger partial charge in [-0.2, -0.15) is 17.2 Å². The van der Waals surface area contributed by atoms with E-state index in [1.54, 1.807) is 0 Å². The van der Waals surface area contributed by atoms with E-state index in [1.807, 2.05) is 53.5 Å². The van der Waals surface area contributed by atoms with E-state index in [-0.39, 0.29) is 21.1 Å². The summed E-state index contributed by atoms with van der Waals surface area (Å²) in [5, 5.41) is 10.4. The number of aryl methyl sites for hydroxylation is 2. The van der Waals surface area contributed by atoms with Crippen LogP contribution in [0.15, 0.2) is 140 Å². The minimum absolute atomic E-state index is 0. The maximum absolute atomic E-state index is 6.44. The van der Waals surface area contributed by atoms with Crippen molar-refractivity contribution in [2.45, 2.75) is 13.8 Å². The van der Waals surface area contributed by atoms with Crippen LogP contribution in [0.1, 0.15) is 11.1 Å². The number of ether oxygens (including phenoxy) is 1. The van der Waals surface area contributed by atoms with E-state index in [9.17, 15) is 0 Å². The number of benzene rings is 6. The predicted molar refractivity (Wildman–Crippen MR) is 201 cm³/mol. The molecule has 0 atom stereocenters. The fourth-order valence-electron chi connectivity index (χ4n) is 7.46. The molecule has 6 nitrogen and oxygen atoms in total. The molecule has 0 aliphatic carbocycles. The summed E-state index contributed by atoms with van der Waals surface area (Å²) in [6.07, 6.45) is 3.77. The van der Waals surface area contributed by atoms with Gasteiger partial charge in [0.2, 0.25) is 0 Å². The van der Waals surface area contributed by atoms with Gasteiger partial charge in [-0.25, -0.2) is 4.98 Å². The van der Waals surface area contributed by atoms with Crippen LogP contribution in [0.5, 0.6) is 11.5 Å². The van der Waals surface area contributed by atoms with E-state index in [1.165, 1.54) is 32.9 Å². The molecule has 0 radical (unpaired) electrons. The largest absolute Gasteiger partial charge is 2.00 e. The van der Waals surface area contributed by atoms with E-state index < -0.39 is 0 Å². The molecule has 0 saturated heterocycles. The molecule has 4 heterocycles. The molecule has 0 N–H and O–H groups in total. The second-order valence-corrected chi connectivity index (χ2v) is 12.7. The SMILES string of the molecule is Cc1cccc2c3cccc(C)c3n(-c3ccnc(-n4c5[c-]c(Oc6[c-]c(-n7ncc8ccccc87)ccc6)ccc5c5ccccc54)c3)c12.[Pt+2]. The summed E-state index contributed by atoms with van der Waals surface area (Å²) < 4.78 is 12.9. The first-order valence-corrected chi connectivity index (χ1v) is 16.7. The molecule has 6 aromatic carbocycles. The number of pyridine rings is 1. The van der Waals surface area contributed by atoms with Crippen molar-refractivity contribution >= 4 is 54.5 Å². The van der Waals surface area contributed by atoms with Crippen molar-refractivity contribution < 1.29 is 25.8 Å². The van der Waals surface area contributed by atoms with Crippen molar-refractivity contribution in [1.82, 2.24) is 23.9 Å². The fourth-order valence-corrected chi connectivity index (χ4v) is 7.46. The number of para-hydroxylation sites is 4. The molecule has 4 aromatic heterocycles. The summed E-state index contributed by atoms with van der Waals surface area (Å²) in [7, 11) is 0. The Morgan fingerprint density at radius 1 is 0.588 bits per heavy atom. The fraction of sp³-hybridized carbons (Fsp3) is 0.0455. The van der Waals surface area contributed by atoms with Crippen LogP contribution in [0.4, 0.5) is 0 Å². The second-order valence-electron chi connectivity index (χ2n) is 12.7. The van der Waals surface area contributed by atoms with Crippen molar-refractivity contribution in [3.63, 3.8) is 0 Å². The zero-order valence-corrected chi connectivity index (χ0v) is 30.0. The van der Waals surface area contributed by atoms with Gasteiger partial charge in [0, 0.05) is 45.4 Å². The number of hydrogen-bond donors (Lipinski definition) is 0. The van der Waals surface area contributed by atoms with Crippen molar-refractivity contribution in [2.75, 3.05) is 0 Å². The Labute approximate surface area is 308 Å². The molecule has 0 aliphatic heterocycles. The zero-order chi connectivity index (χ0) is 33.3. The molecule has 0 aliphatic rings. The van der Waals surface area contributed by atoms with Crippen LogP contribution in [0, 0.1) is 26.0 Å². The van der Waals surface area contributed by atoms with Gasteiger partial charge in [-0.3, -0.25) is 4.68 Å². The third kappa shape index (κ3) is 4.90. The Balaban J connectivity index is 0.00000348. The van der Waals surface area contributed by atoms with Crippen LogP contribution in [0.3, 0.4) is 0 Å². The van der Waals surface area contributed by atoms with Crippen molar-refractivity contribution in [2.24, 2.45) is 0 Å². The van der Waals surface area contributed by atoms with Gasteiger partial charge < -0.3 is 13.9 Å². The first kappa shape index (κ1) is 31.0. The Kier molecular flexibility index (Phi) is 7.37. The number of nitrogens with zero attached hydrogens (tertiary/aromatic N) is 5. The Bertz CT molecular complexity index is 2890. The van der Waals surface area contributed by atoms with E-state index in [0.29, 0.717) is 11.5 Å². The number of hydrogen-bond acceptors (Lipinski definition) is 3. The summed E-state index contributed by atoms with van der Waals surface area (Å²) >= 11 is 0. The Morgan fingerprint density at radius 3 is 2.08 bits per heavy atom. The molecular formula is C44H29N5OPt. The first-order chi connectivity index (χ1) is 24.6. The van der Waals surface area contributed by atoms with Gasteiger partial charge in [0.25, 0.3) is 0 Å². The van der Waals surface area contributed by atoms with E-state index in [4.69, 9.17) is 9.72 Å².